The summed E-state index contributed by atoms with van der Waals surface area (Å²) in [7, 11) is -7.07. The molecule has 0 saturated heterocycles. The molecule has 1 aliphatic carbocycles. The number of aryl methyl sites for hydroxylation is 1. The van der Waals surface area contributed by atoms with Gasteiger partial charge >= 0.3 is 0 Å². The van der Waals surface area contributed by atoms with E-state index in [1.165, 1.54) is 55.8 Å². The molecule has 10 heteroatoms. The van der Waals surface area contributed by atoms with Crippen LogP contribution in [0.3, 0.4) is 0 Å². The van der Waals surface area contributed by atoms with Crippen molar-refractivity contribution in [1.82, 2.24) is 4.90 Å². The first kappa shape index (κ1) is 46.4. The first-order chi connectivity index (χ1) is 29.2. The maximum atomic E-state index is 12.5. The van der Waals surface area contributed by atoms with E-state index in [0.29, 0.717) is 25.8 Å². The average molecular weight is 868 g/mol. The predicted molar refractivity (Wildman–Crippen MR) is 252 cm³/mol. The highest BCUT2D eigenvalue weighted by molar-refractivity contribution is 7.86. The van der Waals surface area contributed by atoms with E-state index in [1.807, 2.05) is 13.8 Å². The van der Waals surface area contributed by atoms with Gasteiger partial charge in [0.1, 0.15) is 6.54 Å². The SMILES string of the molecule is CCCCOS(=O)(=O)CCCCN1C(=CC=CC=CC=CC2=[N+](CCCCS(=O)(=O)OCCCC)c3c(ccc4ccccc34)C2(C)C)C(C)(C)C2=C1c1ccccc1CC2. The molecule has 0 radical (unpaired) electrons. The van der Waals surface area contributed by atoms with Gasteiger partial charge in [-0.15, -0.1) is 0 Å². The molecule has 0 bridgehead atoms. The summed E-state index contributed by atoms with van der Waals surface area (Å²) in [4.78, 5) is 2.44. The monoisotopic (exact) mass is 867 g/mol. The Morgan fingerprint density at radius 1 is 0.689 bits per heavy atom. The van der Waals surface area contributed by atoms with Crippen molar-refractivity contribution >= 4 is 48.1 Å². The van der Waals surface area contributed by atoms with Gasteiger partial charge < -0.3 is 4.90 Å². The molecule has 3 aliphatic rings. The predicted octanol–water partition coefficient (Wildman–Crippen LogP) is 11.3. The molecule has 2 aliphatic heterocycles. The third-order valence-electron chi connectivity index (χ3n) is 12.5. The molecule has 61 heavy (non-hydrogen) atoms. The lowest BCUT2D eigenvalue weighted by molar-refractivity contribution is -0.436. The van der Waals surface area contributed by atoms with Crippen molar-refractivity contribution in [2.45, 2.75) is 111 Å². The van der Waals surface area contributed by atoms with E-state index in [0.717, 1.165) is 51.5 Å². The van der Waals surface area contributed by atoms with Crippen LogP contribution in [-0.2, 0) is 40.4 Å². The number of hydrogen-bond acceptors (Lipinski definition) is 7. The molecule has 2 heterocycles. The van der Waals surface area contributed by atoms with E-state index in [4.69, 9.17) is 8.37 Å². The Hall–Kier alpha value is -4.09. The van der Waals surface area contributed by atoms with Crippen molar-refractivity contribution in [2.75, 3.05) is 37.8 Å². The Labute approximate surface area is 366 Å². The number of benzene rings is 3. The summed E-state index contributed by atoms with van der Waals surface area (Å²) in [5.41, 5.74) is 9.80. The maximum Gasteiger partial charge on any atom is 0.267 e. The van der Waals surface area contributed by atoms with Crippen LogP contribution in [0.4, 0.5) is 5.69 Å². The highest BCUT2D eigenvalue weighted by Crippen LogP contribution is 2.54. The molecule has 0 saturated carbocycles. The third kappa shape index (κ3) is 10.9. The lowest BCUT2D eigenvalue weighted by Gasteiger charge is -2.29. The molecular formula is C51H67N2O6S2+. The van der Waals surface area contributed by atoms with Crippen LogP contribution in [0.15, 0.2) is 114 Å². The summed E-state index contributed by atoms with van der Waals surface area (Å²) in [6.45, 7) is 15.1. The minimum atomic E-state index is -3.54. The molecule has 0 aromatic heterocycles. The third-order valence-corrected chi connectivity index (χ3v) is 15.1. The number of fused-ring (bicyclic) bond motifs is 5. The van der Waals surface area contributed by atoms with Gasteiger partial charge in [-0.25, -0.2) is 0 Å². The maximum absolute atomic E-state index is 12.5. The summed E-state index contributed by atoms with van der Waals surface area (Å²) >= 11 is 0. The van der Waals surface area contributed by atoms with Gasteiger partial charge in [-0.05, 0) is 87.5 Å². The minimum Gasteiger partial charge on any atom is -0.344 e. The number of hydrogen-bond donors (Lipinski definition) is 0. The second kappa shape index (κ2) is 20.4. The van der Waals surface area contributed by atoms with E-state index in [-0.39, 0.29) is 35.5 Å². The first-order valence-corrected chi connectivity index (χ1v) is 25.6. The molecule has 328 valence electrons. The molecule has 0 spiro atoms. The summed E-state index contributed by atoms with van der Waals surface area (Å²) in [6.07, 6.45) is 22.6. The Morgan fingerprint density at radius 2 is 1.33 bits per heavy atom. The van der Waals surface area contributed by atoms with Gasteiger partial charge in [-0.1, -0.05) is 126 Å². The Balaban J connectivity index is 1.20. The fourth-order valence-electron chi connectivity index (χ4n) is 9.11. The largest absolute Gasteiger partial charge is 0.344 e. The van der Waals surface area contributed by atoms with Crippen molar-refractivity contribution < 1.29 is 29.8 Å². The quantitative estimate of drug-likeness (QED) is 0.0430. The van der Waals surface area contributed by atoms with E-state index < -0.39 is 20.2 Å². The molecule has 8 nitrogen and oxygen atoms in total. The summed E-state index contributed by atoms with van der Waals surface area (Å²) < 4.78 is 63.0. The zero-order chi connectivity index (χ0) is 43.7. The van der Waals surface area contributed by atoms with Crippen LogP contribution >= 0.6 is 0 Å². The van der Waals surface area contributed by atoms with Crippen molar-refractivity contribution in [3.05, 3.63) is 131 Å². The highest BCUT2D eigenvalue weighted by atomic mass is 32.2. The molecule has 3 aromatic rings. The van der Waals surface area contributed by atoms with Gasteiger partial charge in [-0.2, -0.15) is 21.4 Å². The molecule has 0 unspecified atom stereocenters. The Bertz CT molecular complexity index is 2450. The van der Waals surface area contributed by atoms with Crippen LogP contribution in [0.5, 0.6) is 0 Å². The molecule has 0 fully saturated rings. The van der Waals surface area contributed by atoms with Gasteiger partial charge in [0.2, 0.25) is 5.69 Å². The molecule has 6 rings (SSSR count). The van der Waals surface area contributed by atoms with E-state index in [9.17, 15) is 16.8 Å². The van der Waals surface area contributed by atoms with Crippen molar-refractivity contribution in [2.24, 2.45) is 5.41 Å². The fraction of sp³-hybridized carbons (Fsp3) is 0.471. The number of allylic oxidation sites excluding steroid dienone is 8. The van der Waals surface area contributed by atoms with Gasteiger partial charge in [0.05, 0.1) is 35.5 Å². The molecule has 0 N–H and O–H groups in total. The molecular weight excluding hydrogens is 801 g/mol. The van der Waals surface area contributed by atoms with Crippen molar-refractivity contribution in [3.63, 3.8) is 0 Å². The summed E-state index contributed by atoms with van der Waals surface area (Å²) in [5.74, 6) is 0.0516. The second-order valence-electron chi connectivity index (χ2n) is 17.6. The molecule has 0 atom stereocenters. The Morgan fingerprint density at radius 3 is 2.05 bits per heavy atom. The van der Waals surface area contributed by atoms with Crippen LogP contribution in [0.25, 0.3) is 16.5 Å². The van der Waals surface area contributed by atoms with Crippen LogP contribution in [0.2, 0.25) is 0 Å². The van der Waals surface area contributed by atoms with Crippen LogP contribution in [0.1, 0.15) is 116 Å². The standard InChI is InChI=1S/C51H67N2O6S2/c1-7-9-36-58-60(54,55)38-22-20-34-52-46(50(3,4)44-32-30-40-24-16-18-26-42(40)48(44)52)28-14-12-11-13-15-29-47-51(5,6)45-33-31-41-25-17-19-27-43(41)49(45)53(47)35-21-23-39-61(56,57)59-37-10-8-2/h11-19,24-30,32H,7-10,20-23,31,33-39H2,1-6H3/q+1. The van der Waals surface area contributed by atoms with Crippen LogP contribution in [-0.4, -0.2) is 69.8 Å². The van der Waals surface area contributed by atoms with Gasteiger partial charge in [0, 0.05) is 47.0 Å². The second-order valence-corrected chi connectivity index (χ2v) is 21.1. The summed E-state index contributed by atoms with van der Waals surface area (Å²) in [6, 6.07) is 21.6. The molecule has 0 amide bonds. The fourth-order valence-corrected chi connectivity index (χ4v) is 11.2. The van der Waals surface area contributed by atoms with Crippen LogP contribution < -0.4 is 0 Å². The van der Waals surface area contributed by atoms with Crippen molar-refractivity contribution in [3.8, 4) is 0 Å². The summed E-state index contributed by atoms with van der Waals surface area (Å²) in [5, 5.41) is 2.38. The van der Waals surface area contributed by atoms with Gasteiger partial charge in [0.25, 0.3) is 20.2 Å². The average Bonchev–Trinajstić information content (AvgIpc) is 3.59. The minimum absolute atomic E-state index is 0.0205. The van der Waals surface area contributed by atoms with Crippen LogP contribution in [0, 0.1) is 5.41 Å². The zero-order valence-corrected chi connectivity index (χ0v) is 38.9. The number of rotatable bonds is 22. The van der Waals surface area contributed by atoms with Crippen molar-refractivity contribution in [1.29, 1.82) is 0 Å². The lowest BCUT2D eigenvalue weighted by atomic mass is 9.77. The molecule has 3 aromatic carbocycles. The number of unbranched alkanes of at least 4 members (excludes halogenated alkanes) is 4. The normalized spacial score (nSPS) is 18.1. The number of nitrogens with zero attached hydrogens (tertiary/aromatic N) is 2. The first-order valence-electron chi connectivity index (χ1n) is 22.4. The van der Waals surface area contributed by atoms with E-state index >= 15 is 0 Å². The van der Waals surface area contributed by atoms with Gasteiger partial charge in [0.15, 0.2) is 5.71 Å². The van der Waals surface area contributed by atoms with E-state index in [2.05, 4.69) is 140 Å². The van der Waals surface area contributed by atoms with E-state index in [1.54, 1.807) is 0 Å². The smallest absolute Gasteiger partial charge is 0.267 e. The topological polar surface area (TPSA) is 93.0 Å². The highest BCUT2D eigenvalue weighted by Gasteiger charge is 2.46. The Kier molecular flexibility index (Phi) is 15.5. The zero-order valence-electron chi connectivity index (χ0n) is 37.3. The van der Waals surface area contributed by atoms with Gasteiger partial charge in [-0.3, -0.25) is 8.37 Å². The lowest BCUT2D eigenvalue weighted by Crippen LogP contribution is -2.28.